The standard InChI is InChI=1S/C84H60N2Si2/c1-9-29-61(30-10-1)64-51-53-80-77(58-64)76-47-25-26-48-79(76)85(80)68-52-54-81-78(60-68)84-82(49-28-50-83(84)88(71-40-19-6-20-41-71,72-42-21-7-22-43-72)73-44-23-8-24-45-73)86(81)67-35-27-46-74(59-67)87(69-36-15-4-16-37-69,70-38-17-5-18-39-70)75-56-65(62-31-11-2-12-32-62)55-66(57-75)63-33-13-3-14-34-63/h1-60H. The highest BCUT2D eigenvalue weighted by Gasteiger charge is 2.45. The molecule has 0 radical (unpaired) electrons. The number of rotatable bonds is 13. The third kappa shape index (κ3) is 8.67. The molecule has 0 atom stereocenters. The van der Waals surface area contributed by atoms with Crippen LogP contribution >= 0.6 is 0 Å². The van der Waals surface area contributed by atoms with Gasteiger partial charge in [-0.3, -0.25) is 0 Å². The summed E-state index contributed by atoms with van der Waals surface area (Å²) in [6.45, 7) is 0. The molecule has 0 bridgehead atoms. The summed E-state index contributed by atoms with van der Waals surface area (Å²) < 4.78 is 5.08. The van der Waals surface area contributed by atoms with Gasteiger partial charge in [-0.2, -0.15) is 0 Å². The molecule has 0 aliphatic heterocycles. The second-order valence-corrected chi connectivity index (χ2v) is 30.7. The van der Waals surface area contributed by atoms with Crippen molar-refractivity contribution in [3.63, 3.8) is 0 Å². The summed E-state index contributed by atoms with van der Waals surface area (Å²) in [5.41, 5.74) is 14.1. The van der Waals surface area contributed by atoms with Gasteiger partial charge in [0.1, 0.15) is 0 Å². The zero-order valence-corrected chi connectivity index (χ0v) is 50.5. The normalized spacial score (nSPS) is 11.9. The molecular weight excluding hydrogens is 1090 g/mol. The number of hydrogen-bond acceptors (Lipinski definition) is 0. The van der Waals surface area contributed by atoms with Crippen LogP contribution < -0.4 is 41.5 Å². The van der Waals surface area contributed by atoms with Gasteiger partial charge in [0.05, 0.1) is 22.1 Å². The Kier molecular flexibility index (Phi) is 13.3. The van der Waals surface area contributed by atoms with E-state index in [4.69, 9.17) is 0 Å². The summed E-state index contributed by atoms with van der Waals surface area (Å²) in [6, 6.07) is 137. The second kappa shape index (κ2) is 22.2. The van der Waals surface area contributed by atoms with Gasteiger partial charge in [-0.25, -0.2) is 0 Å². The van der Waals surface area contributed by atoms with Crippen LogP contribution in [0.1, 0.15) is 0 Å². The maximum atomic E-state index is 2.59. The maximum Gasteiger partial charge on any atom is 0.180 e. The van der Waals surface area contributed by atoms with Gasteiger partial charge in [0.25, 0.3) is 0 Å². The molecule has 0 spiro atoms. The third-order valence-electron chi connectivity index (χ3n) is 18.4. The summed E-state index contributed by atoms with van der Waals surface area (Å²) in [5.74, 6) is 0. The van der Waals surface area contributed by atoms with Gasteiger partial charge in [-0.1, -0.05) is 303 Å². The van der Waals surface area contributed by atoms with E-state index in [0.717, 1.165) is 16.9 Å². The number of benzene rings is 14. The Balaban J connectivity index is 1.02. The van der Waals surface area contributed by atoms with E-state index in [2.05, 4.69) is 373 Å². The summed E-state index contributed by atoms with van der Waals surface area (Å²) in [7, 11) is -6.35. The second-order valence-electron chi connectivity index (χ2n) is 23.1. The van der Waals surface area contributed by atoms with Crippen molar-refractivity contribution < 1.29 is 0 Å². The number of nitrogens with zero attached hydrogens (tertiary/aromatic N) is 2. The van der Waals surface area contributed by atoms with Crippen LogP contribution in [0.15, 0.2) is 364 Å². The molecule has 4 heteroatoms. The van der Waals surface area contributed by atoms with E-state index in [1.807, 2.05) is 0 Å². The first-order chi connectivity index (χ1) is 43.7. The summed E-state index contributed by atoms with van der Waals surface area (Å²) >= 11 is 0. The maximum absolute atomic E-state index is 3.21. The summed E-state index contributed by atoms with van der Waals surface area (Å²) in [5, 5.41) is 15.6. The van der Waals surface area contributed by atoms with Crippen LogP contribution in [0.2, 0.25) is 0 Å². The molecule has 0 saturated carbocycles. The average Bonchev–Trinajstić information content (AvgIpc) is 1.42. The molecule has 0 fully saturated rings. The van der Waals surface area contributed by atoms with Gasteiger partial charge in [0.2, 0.25) is 0 Å². The van der Waals surface area contributed by atoms with Crippen LogP contribution in [0, 0.1) is 0 Å². The minimum atomic E-state index is -3.21. The zero-order valence-electron chi connectivity index (χ0n) is 48.5. The molecule has 16 rings (SSSR count). The Labute approximate surface area is 515 Å². The van der Waals surface area contributed by atoms with Gasteiger partial charge in [0.15, 0.2) is 16.1 Å². The lowest BCUT2D eigenvalue weighted by Crippen LogP contribution is -2.74. The predicted octanol–water partition coefficient (Wildman–Crippen LogP) is 15.6. The first-order valence-corrected chi connectivity index (χ1v) is 34.5. The quantitative estimate of drug-likeness (QED) is 0.0804. The lowest BCUT2D eigenvalue weighted by atomic mass is 9.99. The lowest BCUT2D eigenvalue weighted by molar-refractivity contribution is 1.17. The van der Waals surface area contributed by atoms with Crippen LogP contribution in [-0.2, 0) is 0 Å². The number of fused-ring (bicyclic) bond motifs is 6. The van der Waals surface area contributed by atoms with Crippen LogP contribution in [0.3, 0.4) is 0 Å². The average molecular weight is 1150 g/mol. The van der Waals surface area contributed by atoms with Crippen molar-refractivity contribution in [2.75, 3.05) is 0 Å². The van der Waals surface area contributed by atoms with Gasteiger partial charge >= 0.3 is 0 Å². The van der Waals surface area contributed by atoms with Crippen molar-refractivity contribution in [2.24, 2.45) is 0 Å². The molecule has 16 aromatic rings. The van der Waals surface area contributed by atoms with E-state index in [9.17, 15) is 0 Å². The van der Waals surface area contributed by atoms with E-state index in [1.165, 1.54) is 113 Å². The fourth-order valence-corrected chi connectivity index (χ4v) is 24.4. The smallest absolute Gasteiger partial charge is 0.180 e. The highest BCUT2D eigenvalue weighted by Crippen LogP contribution is 2.39. The van der Waals surface area contributed by atoms with Crippen LogP contribution in [0.25, 0.3) is 88.4 Å². The number of aromatic nitrogens is 2. The highest BCUT2D eigenvalue weighted by atomic mass is 28.3. The molecule has 88 heavy (non-hydrogen) atoms. The summed E-state index contributed by atoms with van der Waals surface area (Å²) in [6.07, 6.45) is 0. The lowest BCUT2D eigenvalue weighted by Gasteiger charge is -2.35. The predicted molar refractivity (Wildman–Crippen MR) is 379 cm³/mol. The van der Waals surface area contributed by atoms with Crippen LogP contribution in [0.5, 0.6) is 0 Å². The molecule has 0 N–H and O–H groups in total. The first kappa shape index (κ1) is 52.7. The molecule has 2 nitrogen and oxygen atoms in total. The van der Waals surface area contributed by atoms with Gasteiger partial charge in [-0.05, 0) is 136 Å². The minimum Gasteiger partial charge on any atom is -0.309 e. The van der Waals surface area contributed by atoms with Gasteiger partial charge < -0.3 is 9.13 Å². The van der Waals surface area contributed by atoms with Gasteiger partial charge in [-0.15, -0.1) is 0 Å². The van der Waals surface area contributed by atoms with Crippen LogP contribution in [0.4, 0.5) is 0 Å². The monoisotopic (exact) mass is 1150 g/mol. The Morgan fingerprint density at radius 1 is 0.182 bits per heavy atom. The topological polar surface area (TPSA) is 9.86 Å². The number of para-hydroxylation sites is 1. The molecule has 2 heterocycles. The highest BCUT2D eigenvalue weighted by molar-refractivity contribution is 7.21. The molecule has 0 unspecified atom stereocenters. The molecule has 0 aliphatic carbocycles. The van der Waals surface area contributed by atoms with Crippen molar-refractivity contribution in [1.82, 2.24) is 9.13 Å². The van der Waals surface area contributed by atoms with Crippen molar-refractivity contribution in [2.45, 2.75) is 0 Å². The summed E-state index contributed by atoms with van der Waals surface area (Å²) in [4.78, 5) is 0. The SMILES string of the molecule is c1ccc(-c2cc(-c3ccccc3)cc([Si](c3ccccc3)(c3ccccc3)c3cccc(-n4c5ccc(-n6c7ccccc7c7cc(-c8ccccc8)ccc76)cc5c5c([Si](c6ccccc6)(c6ccccc6)c6ccccc6)cccc54)c3)c2)cc1. The minimum absolute atomic E-state index is 1.12. The molecule has 2 aromatic heterocycles. The van der Waals surface area contributed by atoms with Crippen LogP contribution in [-0.4, -0.2) is 25.3 Å². The van der Waals surface area contributed by atoms with Crippen molar-refractivity contribution in [1.29, 1.82) is 0 Å². The third-order valence-corrected chi connectivity index (χ3v) is 27.9. The molecule has 414 valence electrons. The Morgan fingerprint density at radius 2 is 0.568 bits per heavy atom. The van der Waals surface area contributed by atoms with E-state index in [-0.39, 0.29) is 0 Å². The van der Waals surface area contributed by atoms with E-state index in [0.29, 0.717) is 0 Å². The fourth-order valence-electron chi connectivity index (χ4n) is 14.6. The largest absolute Gasteiger partial charge is 0.309 e. The molecule has 0 aliphatic rings. The van der Waals surface area contributed by atoms with E-state index < -0.39 is 16.1 Å². The first-order valence-electron chi connectivity index (χ1n) is 30.5. The molecular formula is C84H60N2Si2. The van der Waals surface area contributed by atoms with Crippen molar-refractivity contribution in [3.05, 3.63) is 364 Å². The Hall–Kier alpha value is -10.9. The van der Waals surface area contributed by atoms with E-state index in [1.54, 1.807) is 0 Å². The molecule has 14 aromatic carbocycles. The fraction of sp³-hybridized carbons (Fsp3) is 0. The van der Waals surface area contributed by atoms with E-state index >= 15 is 0 Å². The van der Waals surface area contributed by atoms with Gasteiger partial charge in [0, 0.05) is 32.9 Å². The van der Waals surface area contributed by atoms with Crippen molar-refractivity contribution in [3.8, 4) is 44.8 Å². The molecule has 0 amide bonds. The molecule has 0 saturated heterocycles. The number of hydrogen-bond donors (Lipinski definition) is 0. The Morgan fingerprint density at radius 3 is 1.10 bits per heavy atom. The van der Waals surface area contributed by atoms with Crippen molar-refractivity contribution >= 4 is 101 Å². The zero-order chi connectivity index (χ0) is 58.4. The Bertz CT molecular complexity index is 4970.